The molecule has 4 unspecified atom stereocenters. The van der Waals surface area contributed by atoms with Gasteiger partial charge in [0.25, 0.3) is 0 Å². The molecule has 0 amide bonds. The Hall–Kier alpha value is -0.0800. The summed E-state index contributed by atoms with van der Waals surface area (Å²) in [5.74, 6) is 3.55. The molecule has 0 aromatic carbocycles. The van der Waals surface area contributed by atoms with Gasteiger partial charge in [0.15, 0.2) is 0 Å². The Labute approximate surface area is 120 Å². The van der Waals surface area contributed by atoms with E-state index in [1.165, 1.54) is 51.9 Å². The molecule has 1 aliphatic carbocycles. The van der Waals surface area contributed by atoms with E-state index in [1.807, 2.05) is 0 Å². The van der Waals surface area contributed by atoms with Crippen LogP contribution >= 0.6 is 0 Å². The van der Waals surface area contributed by atoms with Gasteiger partial charge in [-0.2, -0.15) is 0 Å². The lowest BCUT2D eigenvalue weighted by molar-refractivity contribution is 0.165. The van der Waals surface area contributed by atoms with Gasteiger partial charge >= 0.3 is 0 Å². The minimum absolute atomic E-state index is 0.777. The van der Waals surface area contributed by atoms with E-state index in [4.69, 9.17) is 0 Å². The molecule has 2 rings (SSSR count). The molecular weight excluding hydrogens is 232 g/mol. The van der Waals surface area contributed by atoms with Crippen LogP contribution < -0.4 is 5.32 Å². The molecule has 0 aromatic heterocycles. The van der Waals surface area contributed by atoms with Gasteiger partial charge in [-0.1, -0.05) is 34.1 Å². The summed E-state index contributed by atoms with van der Waals surface area (Å²) in [5, 5.41) is 3.94. The van der Waals surface area contributed by atoms with E-state index in [1.54, 1.807) is 0 Å². The standard InChI is InChI=1S/C17H34N2/c1-5-19-9-8-15(12-19)11-18-17-10-14(4)6-7-16(17)13(2)3/h13-18H,5-12H2,1-4H3. The Bertz CT molecular complexity index is 264. The van der Waals surface area contributed by atoms with E-state index in [9.17, 15) is 0 Å². The lowest BCUT2D eigenvalue weighted by Gasteiger charge is -2.38. The van der Waals surface area contributed by atoms with Crippen LogP contribution in [0.3, 0.4) is 0 Å². The fourth-order valence-corrected chi connectivity index (χ4v) is 4.12. The maximum Gasteiger partial charge on any atom is 0.0100 e. The highest BCUT2D eigenvalue weighted by Gasteiger charge is 2.31. The summed E-state index contributed by atoms with van der Waals surface area (Å²) < 4.78 is 0. The zero-order valence-corrected chi connectivity index (χ0v) is 13.5. The Morgan fingerprint density at radius 1 is 1.21 bits per heavy atom. The van der Waals surface area contributed by atoms with Crippen LogP contribution in [-0.4, -0.2) is 37.1 Å². The summed E-state index contributed by atoms with van der Waals surface area (Å²) in [6, 6.07) is 0.777. The summed E-state index contributed by atoms with van der Waals surface area (Å²) >= 11 is 0. The van der Waals surface area contributed by atoms with Crippen molar-refractivity contribution in [3.8, 4) is 0 Å². The van der Waals surface area contributed by atoms with E-state index < -0.39 is 0 Å². The molecule has 19 heavy (non-hydrogen) atoms. The van der Waals surface area contributed by atoms with E-state index in [2.05, 4.69) is 37.9 Å². The zero-order chi connectivity index (χ0) is 13.8. The molecule has 0 bridgehead atoms. The normalized spacial score (nSPS) is 37.1. The van der Waals surface area contributed by atoms with E-state index in [0.717, 1.165) is 29.7 Å². The first-order valence-corrected chi connectivity index (χ1v) is 8.55. The van der Waals surface area contributed by atoms with Crippen LogP contribution in [0.5, 0.6) is 0 Å². The largest absolute Gasteiger partial charge is 0.313 e. The molecule has 0 spiro atoms. The van der Waals surface area contributed by atoms with Gasteiger partial charge in [-0.15, -0.1) is 0 Å². The molecule has 2 heteroatoms. The van der Waals surface area contributed by atoms with Crippen molar-refractivity contribution in [2.75, 3.05) is 26.2 Å². The van der Waals surface area contributed by atoms with E-state index in [-0.39, 0.29) is 0 Å². The number of rotatable bonds is 5. The quantitative estimate of drug-likeness (QED) is 0.820. The SMILES string of the molecule is CCN1CCC(CNC2CC(C)CCC2C(C)C)C1. The lowest BCUT2D eigenvalue weighted by atomic mass is 9.74. The van der Waals surface area contributed by atoms with Gasteiger partial charge in [-0.05, 0) is 62.6 Å². The highest BCUT2D eigenvalue weighted by molar-refractivity contribution is 4.87. The molecule has 112 valence electrons. The second kappa shape index (κ2) is 7.08. The first kappa shape index (κ1) is 15.3. The Balaban J connectivity index is 1.79. The van der Waals surface area contributed by atoms with Crippen LogP contribution in [0.25, 0.3) is 0 Å². The van der Waals surface area contributed by atoms with Crippen LogP contribution in [0.15, 0.2) is 0 Å². The van der Waals surface area contributed by atoms with Crippen molar-refractivity contribution < 1.29 is 0 Å². The molecule has 2 fully saturated rings. The highest BCUT2D eigenvalue weighted by atomic mass is 15.1. The third kappa shape index (κ3) is 4.19. The minimum atomic E-state index is 0.777. The summed E-state index contributed by atoms with van der Waals surface area (Å²) in [7, 11) is 0. The van der Waals surface area contributed by atoms with Crippen molar-refractivity contribution in [2.24, 2.45) is 23.7 Å². The summed E-state index contributed by atoms with van der Waals surface area (Å²) in [4.78, 5) is 2.59. The Morgan fingerprint density at radius 3 is 2.63 bits per heavy atom. The van der Waals surface area contributed by atoms with Gasteiger partial charge in [0.2, 0.25) is 0 Å². The van der Waals surface area contributed by atoms with Crippen molar-refractivity contribution in [1.82, 2.24) is 10.2 Å². The van der Waals surface area contributed by atoms with E-state index >= 15 is 0 Å². The van der Waals surface area contributed by atoms with Gasteiger partial charge in [0.1, 0.15) is 0 Å². The molecule has 4 atom stereocenters. The molecule has 1 N–H and O–H groups in total. The third-order valence-corrected chi connectivity index (χ3v) is 5.51. The second-order valence-electron chi connectivity index (χ2n) is 7.39. The molecule has 1 heterocycles. The average molecular weight is 266 g/mol. The molecule has 1 aliphatic heterocycles. The number of hydrogen-bond acceptors (Lipinski definition) is 2. The molecular formula is C17H34N2. The smallest absolute Gasteiger partial charge is 0.0100 e. The lowest BCUT2D eigenvalue weighted by Crippen LogP contribution is -2.44. The van der Waals surface area contributed by atoms with Gasteiger partial charge in [-0.25, -0.2) is 0 Å². The van der Waals surface area contributed by atoms with Crippen molar-refractivity contribution in [3.63, 3.8) is 0 Å². The zero-order valence-electron chi connectivity index (χ0n) is 13.5. The molecule has 0 aromatic rings. The molecule has 1 saturated heterocycles. The van der Waals surface area contributed by atoms with Gasteiger partial charge in [0.05, 0.1) is 0 Å². The van der Waals surface area contributed by atoms with Crippen molar-refractivity contribution in [2.45, 2.75) is 59.4 Å². The Kier molecular flexibility index (Phi) is 5.70. The van der Waals surface area contributed by atoms with Crippen LogP contribution in [0.2, 0.25) is 0 Å². The van der Waals surface area contributed by atoms with Crippen molar-refractivity contribution in [1.29, 1.82) is 0 Å². The fraction of sp³-hybridized carbons (Fsp3) is 1.00. The topological polar surface area (TPSA) is 15.3 Å². The third-order valence-electron chi connectivity index (χ3n) is 5.51. The van der Waals surface area contributed by atoms with Gasteiger partial charge in [-0.3, -0.25) is 0 Å². The van der Waals surface area contributed by atoms with Crippen LogP contribution in [0.1, 0.15) is 53.4 Å². The molecule has 2 aliphatic rings. The predicted molar refractivity (Wildman–Crippen MR) is 83.4 cm³/mol. The van der Waals surface area contributed by atoms with Crippen LogP contribution in [0.4, 0.5) is 0 Å². The predicted octanol–water partition coefficient (Wildman–Crippen LogP) is 3.38. The number of nitrogens with one attached hydrogen (secondary N) is 1. The molecule has 2 nitrogen and oxygen atoms in total. The molecule has 1 saturated carbocycles. The average Bonchev–Trinajstić information content (AvgIpc) is 2.84. The summed E-state index contributed by atoms with van der Waals surface area (Å²) in [6.45, 7) is 14.6. The van der Waals surface area contributed by atoms with Crippen LogP contribution in [0, 0.1) is 23.7 Å². The number of nitrogens with zero attached hydrogens (tertiary/aromatic N) is 1. The Morgan fingerprint density at radius 2 is 2.00 bits per heavy atom. The van der Waals surface area contributed by atoms with Gasteiger partial charge < -0.3 is 10.2 Å². The summed E-state index contributed by atoms with van der Waals surface area (Å²) in [5.41, 5.74) is 0. The minimum Gasteiger partial charge on any atom is -0.313 e. The first-order chi connectivity index (χ1) is 9.10. The van der Waals surface area contributed by atoms with Crippen LogP contribution in [-0.2, 0) is 0 Å². The number of likely N-dealkylation sites (tertiary alicyclic amines) is 1. The monoisotopic (exact) mass is 266 g/mol. The van der Waals surface area contributed by atoms with Crippen molar-refractivity contribution >= 4 is 0 Å². The summed E-state index contributed by atoms with van der Waals surface area (Å²) in [6.07, 6.45) is 5.67. The highest BCUT2D eigenvalue weighted by Crippen LogP contribution is 2.33. The van der Waals surface area contributed by atoms with Gasteiger partial charge in [0, 0.05) is 12.6 Å². The fourth-order valence-electron chi connectivity index (χ4n) is 4.12. The molecule has 0 radical (unpaired) electrons. The second-order valence-corrected chi connectivity index (χ2v) is 7.39. The van der Waals surface area contributed by atoms with Crippen molar-refractivity contribution in [3.05, 3.63) is 0 Å². The maximum atomic E-state index is 3.94. The number of hydrogen-bond donors (Lipinski definition) is 1. The first-order valence-electron chi connectivity index (χ1n) is 8.55. The maximum absolute atomic E-state index is 3.94. The van der Waals surface area contributed by atoms with E-state index in [0.29, 0.717) is 0 Å².